The van der Waals surface area contributed by atoms with Gasteiger partial charge in [-0.25, -0.2) is 0 Å². The molecule has 3 aliphatic rings. The van der Waals surface area contributed by atoms with E-state index in [1.165, 1.54) is 14.2 Å². The Labute approximate surface area is 213 Å². The van der Waals surface area contributed by atoms with E-state index in [4.69, 9.17) is 28.4 Å². The molecule has 0 spiro atoms. The highest BCUT2D eigenvalue weighted by atomic mass is 16.7. The van der Waals surface area contributed by atoms with Crippen molar-refractivity contribution < 1.29 is 54.0 Å². The molecule has 5 N–H and O–H groups in total. The van der Waals surface area contributed by atoms with Crippen LogP contribution >= 0.6 is 0 Å². The van der Waals surface area contributed by atoms with Crippen molar-refractivity contribution in [1.82, 2.24) is 0 Å². The average molecular weight is 521 g/mol. The van der Waals surface area contributed by atoms with Crippen molar-refractivity contribution in [3.05, 3.63) is 47.5 Å². The lowest BCUT2D eigenvalue weighted by Gasteiger charge is -2.39. The predicted molar refractivity (Wildman–Crippen MR) is 126 cm³/mol. The molecule has 0 aliphatic carbocycles. The number of benzene rings is 2. The fourth-order valence-corrected chi connectivity index (χ4v) is 5.35. The van der Waals surface area contributed by atoms with Crippen molar-refractivity contribution in [3.8, 4) is 23.0 Å². The number of phenolic OH excluding ortho intramolecular Hbond substituents is 1. The average Bonchev–Trinajstić information content (AvgIpc) is 3.52. The molecular weight excluding hydrogens is 488 g/mol. The second kappa shape index (κ2) is 10.6. The molecule has 3 saturated heterocycles. The molecule has 0 saturated carbocycles. The Kier molecular flexibility index (Phi) is 7.46. The summed E-state index contributed by atoms with van der Waals surface area (Å²) in [5, 5.41) is 49.7. The molecule has 2 aromatic carbocycles. The molecule has 37 heavy (non-hydrogen) atoms. The molecule has 0 amide bonds. The van der Waals surface area contributed by atoms with Gasteiger partial charge in [0.1, 0.15) is 24.4 Å². The predicted octanol–water partition coefficient (Wildman–Crippen LogP) is 0.663. The second-order valence-electron chi connectivity index (χ2n) is 9.49. The summed E-state index contributed by atoms with van der Waals surface area (Å²) >= 11 is 0. The van der Waals surface area contributed by atoms with E-state index < -0.39 is 37.3 Å². The molecule has 0 aromatic heterocycles. The minimum absolute atomic E-state index is 0.0689. The first-order chi connectivity index (χ1) is 17.9. The summed E-state index contributed by atoms with van der Waals surface area (Å²) in [6.07, 6.45) is -7.41. The highest BCUT2D eigenvalue weighted by Gasteiger charge is 2.49. The Morgan fingerprint density at radius 3 is 1.97 bits per heavy atom. The highest BCUT2D eigenvalue weighted by molar-refractivity contribution is 5.45. The van der Waals surface area contributed by atoms with Gasteiger partial charge in [0.2, 0.25) is 6.29 Å². The standard InChI is InChI=1S/C26H32O11/c1-32-18-7-12(3-5-16(18)28)24-14-10-35-25(15(14)11-34-24)13-4-6-17(19(8-13)33-2)36-26-23(31)22(30)21(29)20(9-27)37-26/h3-8,14-15,20-31H,9-11H2,1-2H3/t14-,15-,20+,21-,22-,23+,24-,25-,26+/m1/s1. The van der Waals surface area contributed by atoms with Crippen LogP contribution in [0.2, 0.25) is 0 Å². The Balaban J connectivity index is 1.32. The second-order valence-corrected chi connectivity index (χ2v) is 9.49. The number of aliphatic hydroxyl groups is 4. The number of fused-ring (bicyclic) bond motifs is 1. The Bertz CT molecular complexity index is 1090. The zero-order valence-electron chi connectivity index (χ0n) is 20.5. The van der Waals surface area contributed by atoms with Gasteiger partial charge in [-0.05, 0) is 35.4 Å². The summed E-state index contributed by atoms with van der Waals surface area (Å²) < 4.78 is 34.3. The van der Waals surface area contributed by atoms with Crippen molar-refractivity contribution in [2.75, 3.05) is 34.0 Å². The molecule has 0 unspecified atom stereocenters. The topological polar surface area (TPSA) is 157 Å². The first kappa shape index (κ1) is 26.0. The molecule has 3 aliphatic heterocycles. The lowest BCUT2D eigenvalue weighted by molar-refractivity contribution is -0.277. The monoisotopic (exact) mass is 520 g/mol. The van der Waals surface area contributed by atoms with Crippen LogP contribution in [0.4, 0.5) is 0 Å². The highest BCUT2D eigenvalue weighted by Crippen LogP contribution is 2.51. The fourth-order valence-electron chi connectivity index (χ4n) is 5.35. The molecule has 2 aromatic rings. The quantitative estimate of drug-likeness (QED) is 0.349. The van der Waals surface area contributed by atoms with Gasteiger partial charge >= 0.3 is 0 Å². The molecule has 5 rings (SSSR count). The largest absolute Gasteiger partial charge is 0.504 e. The van der Waals surface area contributed by atoms with Crippen LogP contribution in [0.1, 0.15) is 23.3 Å². The molecule has 9 atom stereocenters. The van der Waals surface area contributed by atoms with Gasteiger partial charge in [0.25, 0.3) is 0 Å². The van der Waals surface area contributed by atoms with E-state index in [1.54, 1.807) is 24.3 Å². The number of aliphatic hydroxyl groups excluding tert-OH is 4. The third-order valence-corrected chi connectivity index (χ3v) is 7.40. The van der Waals surface area contributed by atoms with E-state index in [0.717, 1.165) is 11.1 Å². The number of hydrogen-bond donors (Lipinski definition) is 5. The maximum Gasteiger partial charge on any atom is 0.229 e. The minimum atomic E-state index is -1.55. The Hall–Kier alpha value is -2.64. The third-order valence-electron chi connectivity index (χ3n) is 7.40. The number of methoxy groups -OCH3 is 2. The smallest absolute Gasteiger partial charge is 0.229 e. The van der Waals surface area contributed by atoms with Gasteiger partial charge < -0.3 is 54.0 Å². The van der Waals surface area contributed by atoms with Crippen molar-refractivity contribution in [1.29, 1.82) is 0 Å². The van der Waals surface area contributed by atoms with Gasteiger partial charge in [0.15, 0.2) is 23.0 Å². The number of hydrogen-bond acceptors (Lipinski definition) is 11. The van der Waals surface area contributed by atoms with Gasteiger partial charge in [-0.3, -0.25) is 0 Å². The molecule has 11 heteroatoms. The summed E-state index contributed by atoms with van der Waals surface area (Å²) in [5.41, 5.74) is 1.77. The SMILES string of the molecule is COc1cc([C@H]2OC[C@@H]3[C@H]2CO[C@@H]3c2ccc(O[C@H]3O[C@@H](CO)[C@@H](O)[C@@H](O)[C@@H]3O)c(OC)c2)ccc1O. The summed E-state index contributed by atoms with van der Waals surface area (Å²) in [6.45, 7) is 0.436. The summed E-state index contributed by atoms with van der Waals surface area (Å²) in [7, 11) is 2.98. The van der Waals surface area contributed by atoms with Crippen molar-refractivity contribution in [2.45, 2.75) is 42.9 Å². The summed E-state index contributed by atoms with van der Waals surface area (Å²) in [4.78, 5) is 0. The first-order valence-corrected chi connectivity index (χ1v) is 12.1. The lowest BCUT2D eigenvalue weighted by atomic mass is 9.85. The van der Waals surface area contributed by atoms with Crippen LogP contribution in [0, 0.1) is 11.8 Å². The molecule has 11 nitrogen and oxygen atoms in total. The van der Waals surface area contributed by atoms with Crippen molar-refractivity contribution in [3.63, 3.8) is 0 Å². The summed E-state index contributed by atoms with van der Waals surface area (Å²) in [5.74, 6) is 1.27. The molecule has 3 heterocycles. The lowest BCUT2D eigenvalue weighted by Crippen LogP contribution is -2.60. The zero-order valence-corrected chi connectivity index (χ0v) is 20.5. The summed E-state index contributed by atoms with van der Waals surface area (Å²) in [6, 6.07) is 10.5. The molecule has 3 fully saturated rings. The third kappa shape index (κ3) is 4.72. The van der Waals surface area contributed by atoms with Crippen LogP contribution in [0.25, 0.3) is 0 Å². The van der Waals surface area contributed by atoms with Crippen LogP contribution in [-0.4, -0.2) is 90.3 Å². The fraction of sp³-hybridized carbons (Fsp3) is 0.538. The molecule has 202 valence electrons. The van der Waals surface area contributed by atoms with E-state index in [1.807, 2.05) is 12.1 Å². The van der Waals surface area contributed by atoms with E-state index >= 15 is 0 Å². The Morgan fingerprint density at radius 2 is 1.38 bits per heavy atom. The van der Waals surface area contributed by atoms with Crippen LogP contribution in [-0.2, 0) is 14.2 Å². The van der Waals surface area contributed by atoms with E-state index in [-0.39, 0.29) is 35.5 Å². The van der Waals surface area contributed by atoms with Gasteiger partial charge in [-0.1, -0.05) is 12.1 Å². The van der Waals surface area contributed by atoms with Crippen LogP contribution in [0.15, 0.2) is 36.4 Å². The molecular formula is C26H32O11. The van der Waals surface area contributed by atoms with Crippen LogP contribution in [0.3, 0.4) is 0 Å². The molecule has 0 bridgehead atoms. The number of phenols is 1. The molecule has 0 radical (unpaired) electrons. The number of aromatic hydroxyl groups is 1. The zero-order chi connectivity index (χ0) is 26.3. The van der Waals surface area contributed by atoms with Gasteiger partial charge in [-0.2, -0.15) is 0 Å². The van der Waals surface area contributed by atoms with Crippen LogP contribution in [0.5, 0.6) is 23.0 Å². The maximum absolute atomic E-state index is 10.3. The Morgan fingerprint density at radius 1 is 0.784 bits per heavy atom. The van der Waals surface area contributed by atoms with E-state index in [2.05, 4.69) is 0 Å². The number of ether oxygens (including phenoxy) is 6. The van der Waals surface area contributed by atoms with Gasteiger partial charge in [-0.15, -0.1) is 0 Å². The number of rotatable bonds is 7. The first-order valence-electron chi connectivity index (χ1n) is 12.1. The van der Waals surface area contributed by atoms with Crippen LogP contribution < -0.4 is 14.2 Å². The minimum Gasteiger partial charge on any atom is -0.504 e. The van der Waals surface area contributed by atoms with E-state index in [9.17, 15) is 25.5 Å². The van der Waals surface area contributed by atoms with Crippen molar-refractivity contribution >= 4 is 0 Å². The maximum atomic E-state index is 10.3. The normalized spacial score (nSPS) is 35.2. The van der Waals surface area contributed by atoms with E-state index in [0.29, 0.717) is 24.7 Å². The van der Waals surface area contributed by atoms with Crippen molar-refractivity contribution in [2.24, 2.45) is 11.8 Å². The van der Waals surface area contributed by atoms with Gasteiger partial charge in [0, 0.05) is 11.8 Å². The van der Waals surface area contributed by atoms with Gasteiger partial charge in [0.05, 0.1) is 46.2 Å².